The number of pyridine rings is 1. The maximum absolute atomic E-state index is 11.2. The quantitative estimate of drug-likeness (QED) is 0.764. The molecule has 0 aliphatic carbocycles. The van der Waals surface area contributed by atoms with Gasteiger partial charge in [-0.1, -0.05) is 24.3 Å². The van der Waals surface area contributed by atoms with E-state index in [1.165, 1.54) is 0 Å². The predicted octanol–water partition coefficient (Wildman–Crippen LogP) is 3.19. The first-order chi connectivity index (χ1) is 10.3. The third-order valence-electron chi connectivity index (χ3n) is 2.68. The van der Waals surface area contributed by atoms with Crippen LogP contribution in [-0.2, 0) is 9.53 Å². The van der Waals surface area contributed by atoms with E-state index in [0.717, 1.165) is 11.3 Å². The standard InChI is InChI=1S/C17H17NO3/c1-2-20-17(19)13-21-16-10-7-14(8-11-16)6-9-15-5-3-4-12-18-15/h3-12H,2,13H2,1H3/b9-6+. The Morgan fingerprint density at radius 3 is 2.62 bits per heavy atom. The molecular formula is C17H17NO3. The molecule has 2 aromatic rings. The van der Waals surface area contributed by atoms with Crippen LogP contribution >= 0.6 is 0 Å². The fourth-order valence-electron chi connectivity index (χ4n) is 1.68. The summed E-state index contributed by atoms with van der Waals surface area (Å²) in [5.41, 5.74) is 1.93. The lowest BCUT2D eigenvalue weighted by atomic mass is 10.2. The molecule has 0 aliphatic heterocycles. The summed E-state index contributed by atoms with van der Waals surface area (Å²) in [6, 6.07) is 13.2. The van der Waals surface area contributed by atoms with E-state index < -0.39 is 0 Å². The third kappa shape index (κ3) is 5.10. The van der Waals surface area contributed by atoms with Gasteiger partial charge in [0.1, 0.15) is 5.75 Å². The maximum Gasteiger partial charge on any atom is 0.344 e. The SMILES string of the molecule is CCOC(=O)COc1ccc(/C=C/c2ccccn2)cc1. The third-order valence-corrected chi connectivity index (χ3v) is 2.68. The molecule has 0 saturated heterocycles. The van der Waals surface area contributed by atoms with Gasteiger partial charge in [0, 0.05) is 6.20 Å². The molecule has 0 radical (unpaired) electrons. The van der Waals surface area contributed by atoms with E-state index in [2.05, 4.69) is 4.98 Å². The lowest BCUT2D eigenvalue weighted by Gasteiger charge is -2.05. The maximum atomic E-state index is 11.2. The molecule has 1 heterocycles. The molecule has 0 unspecified atom stereocenters. The number of aromatic nitrogens is 1. The first-order valence-corrected chi connectivity index (χ1v) is 6.75. The molecule has 0 atom stereocenters. The molecule has 1 aromatic carbocycles. The van der Waals surface area contributed by atoms with Crippen molar-refractivity contribution in [2.45, 2.75) is 6.92 Å². The van der Waals surface area contributed by atoms with Crippen LogP contribution in [-0.4, -0.2) is 24.2 Å². The number of rotatable bonds is 6. The fourth-order valence-corrected chi connectivity index (χ4v) is 1.68. The van der Waals surface area contributed by atoms with Gasteiger partial charge in [-0.15, -0.1) is 0 Å². The minimum atomic E-state index is -0.364. The van der Waals surface area contributed by atoms with Crippen LogP contribution in [0.15, 0.2) is 48.7 Å². The molecule has 0 saturated carbocycles. The molecule has 108 valence electrons. The van der Waals surface area contributed by atoms with Crippen LogP contribution in [0.2, 0.25) is 0 Å². The Morgan fingerprint density at radius 2 is 1.95 bits per heavy atom. The van der Waals surface area contributed by atoms with Crippen LogP contribution in [0.5, 0.6) is 5.75 Å². The van der Waals surface area contributed by atoms with Gasteiger partial charge in [-0.05, 0) is 42.8 Å². The average molecular weight is 283 g/mol. The van der Waals surface area contributed by atoms with E-state index in [9.17, 15) is 4.79 Å². The molecule has 0 fully saturated rings. The number of benzene rings is 1. The highest BCUT2D eigenvalue weighted by Gasteiger charge is 2.02. The Morgan fingerprint density at radius 1 is 1.14 bits per heavy atom. The highest BCUT2D eigenvalue weighted by molar-refractivity contribution is 5.71. The average Bonchev–Trinajstić information content (AvgIpc) is 2.53. The Bertz CT molecular complexity index is 591. The van der Waals surface area contributed by atoms with Gasteiger partial charge in [-0.2, -0.15) is 0 Å². The Hall–Kier alpha value is -2.62. The summed E-state index contributed by atoms with van der Waals surface area (Å²) in [4.78, 5) is 15.4. The van der Waals surface area contributed by atoms with Gasteiger partial charge in [-0.25, -0.2) is 4.79 Å². The number of esters is 1. The second kappa shape index (κ2) is 7.85. The summed E-state index contributed by atoms with van der Waals surface area (Å²) < 4.78 is 10.1. The van der Waals surface area contributed by atoms with E-state index in [4.69, 9.17) is 9.47 Å². The number of nitrogens with zero attached hydrogens (tertiary/aromatic N) is 1. The zero-order valence-electron chi connectivity index (χ0n) is 11.9. The van der Waals surface area contributed by atoms with Crippen LogP contribution < -0.4 is 4.74 Å². The van der Waals surface area contributed by atoms with Crippen LogP contribution in [0.3, 0.4) is 0 Å². The smallest absolute Gasteiger partial charge is 0.344 e. The lowest BCUT2D eigenvalue weighted by Crippen LogP contribution is -2.14. The van der Waals surface area contributed by atoms with Crippen molar-refractivity contribution in [1.29, 1.82) is 0 Å². The van der Waals surface area contributed by atoms with Crippen molar-refractivity contribution in [1.82, 2.24) is 4.98 Å². The largest absolute Gasteiger partial charge is 0.482 e. The van der Waals surface area contributed by atoms with E-state index in [-0.39, 0.29) is 12.6 Å². The summed E-state index contributed by atoms with van der Waals surface area (Å²) in [6.45, 7) is 2.05. The highest BCUT2D eigenvalue weighted by Crippen LogP contribution is 2.14. The zero-order valence-corrected chi connectivity index (χ0v) is 11.9. The highest BCUT2D eigenvalue weighted by atomic mass is 16.6. The first-order valence-electron chi connectivity index (χ1n) is 6.75. The molecule has 0 bridgehead atoms. The normalized spacial score (nSPS) is 10.5. The van der Waals surface area contributed by atoms with Crippen molar-refractivity contribution in [2.24, 2.45) is 0 Å². The fraction of sp³-hybridized carbons (Fsp3) is 0.176. The molecule has 2 rings (SSSR count). The van der Waals surface area contributed by atoms with Crippen molar-refractivity contribution in [3.63, 3.8) is 0 Å². The monoisotopic (exact) mass is 283 g/mol. The molecule has 0 aliphatic rings. The molecule has 4 nitrogen and oxygen atoms in total. The lowest BCUT2D eigenvalue weighted by molar-refractivity contribution is -0.145. The van der Waals surface area contributed by atoms with Gasteiger partial charge in [0.2, 0.25) is 0 Å². The Labute approximate surface area is 124 Å². The number of carbonyl (C=O) groups excluding carboxylic acids is 1. The van der Waals surface area contributed by atoms with Gasteiger partial charge < -0.3 is 9.47 Å². The van der Waals surface area contributed by atoms with Crippen LogP contribution in [0.1, 0.15) is 18.2 Å². The van der Waals surface area contributed by atoms with E-state index in [1.54, 1.807) is 13.1 Å². The summed E-state index contributed by atoms with van der Waals surface area (Å²) in [7, 11) is 0. The van der Waals surface area contributed by atoms with E-state index >= 15 is 0 Å². The van der Waals surface area contributed by atoms with E-state index in [0.29, 0.717) is 12.4 Å². The number of hydrogen-bond acceptors (Lipinski definition) is 4. The molecule has 1 aromatic heterocycles. The Balaban J connectivity index is 1.90. The second-order valence-corrected chi connectivity index (χ2v) is 4.25. The summed E-state index contributed by atoms with van der Waals surface area (Å²) in [6.07, 6.45) is 5.66. The number of ether oxygens (including phenoxy) is 2. The molecule has 0 spiro atoms. The van der Waals surface area contributed by atoms with Gasteiger partial charge in [0.25, 0.3) is 0 Å². The summed E-state index contributed by atoms with van der Waals surface area (Å²) in [5.74, 6) is 0.273. The topological polar surface area (TPSA) is 48.4 Å². The minimum Gasteiger partial charge on any atom is -0.482 e. The van der Waals surface area contributed by atoms with Crippen LogP contribution in [0, 0.1) is 0 Å². The van der Waals surface area contributed by atoms with E-state index in [1.807, 2.05) is 54.6 Å². The molecule has 21 heavy (non-hydrogen) atoms. The molecular weight excluding hydrogens is 266 g/mol. The van der Waals surface area contributed by atoms with Crippen molar-refractivity contribution in [2.75, 3.05) is 13.2 Å². The van der Waals surface area contributed by atoms with Gasteiger partial charge >= 0.3 is 5.97 Å². The summed E-state index contributed by atoms with van der Waals surface area (Å²) >= 11 is 0. The molecule has 0 N–H and O–H groups in total. The number of carbonyl (C=O) groups is 1. The molecule has 4 heteroatoms. The first kappa shape index (κ1) is 14.8. The number of hydrogen-bond donors (Lipinski definition) is 0. The minimum absolute atomic E-state index is 0.0725. The van der Waals surface area contributed by atoms with Crippen molar-refractivity contribution in [3.8, 4) is 5.75 Å². The van der Waals surface area contributed by atoms with Crippen molar-refractivity contribution in [3.05, 3.63) is 59.9 Å². The van der Waals surface area contributed by atoms with Crippen LogP contribution in [0.25, 0.3) is 12.2 Å². The van der Waals surface area contributed by atoms with Gasteiger partial charge in [0.05, 0.1) is 12.3 Å². The Kier molecular flexibility index (Phi) is 5.52. The zero-order chi connectivity index (χ0) is 14.9. The summed E-state index contributed by atoms with van der Waals surface area (Å²) in [5, 5.41) is 0. The van der Waals surface area contributed by atoms with Gasteiger partial charge in [0.15, 0.2) is 6.61 Å². The van der Waals surface area contributed by atoms with Gasteiger partial charge in [-0.3, -0.25) is 4.98 Å². The molecule has 0 amide bonds. The van der Waals surface area contributed by atoms with Crippen LogP contribution in [0.4, 0.5) is 0 Å². The van der Waals surface area contributed by atoms with Crippen molar-refractivity contribution >= 4 is 18.1 Å². The van der Waals surface area contributed by atoms with Crippen molar-refractivity contribution < 1.29 is 14.3 Å². The predicted molar refractivity (Wildman–Crippen MR) is 81.7 cm³/mol. The second-order valence-electron chi connectivity index (χ2n) is 4.25.